The Kier molecular flexibility index (Phi) is 3.49. The molecule has 3 aromatic rings. The molecule has 0 atom stereocenters. The summed E-state index contributed by atoms with van der Waals surface area (Å²) in [6.07, 6.45) is 1.94. The normalized spacial score (nSPS) is 11.5. The summed E-state index contributed by atoms with van der Waals surface area (Å²) < 4.78 is 10.4. The maximum Gasteiger partial charge on any atom is 0.243 e. The second kappa shape index (κ2) is 5.18. The molecule has 6 heteroatoms. The molecule has 0 amide bonds. The van der Waals surface area contributed by atoms with Gasteiger partial charge in [0.15, 0.2) is 0 Å². The number of benzene rings is 1. The molecular weight excluding hydrogens is 332 g/mol. The van der Waals surface area contributed by atoms with E-state index in [2.05, 4.69) is 45.5 Å². The van der Waals surface area contributed by atoms with E-state index < -0.39 is 0 Å². The lowest BCUT2D eigenvalue weighted by Crippen LogP contribution is -2.03. The van der Waals surface area contributed by atoms with Gasteiger partial charge in [0.1, 0.15) is 5.82 Å². The highest BCUT2D eigenvalue weighted by Crippen LogP contribution is 2.33. The van der Waals surface area contributed by atoms with Gasteiger partial charge < -0.3 is 9.30 Å². The number of aryl methyl sites for hydroxylation is 1. The minimum Gasteiger partial charge on any atom is -0.479 e. The fourth-order valence-corrected chi connectivity index (χ4v) is 2.90. The third-order valence-corrected chi connectivity index (χ3v) is 3.89. The first-order valence-electron chi connectivity index (χ1n) is 6.76. The van der Waals surface area contributed by atoms with Crippen LogP contribution in [-0.2, 0) is 7.05 Å². The van der Waals surface area contributed by atoms with Gasteiger partial charge in [0.05, 0.1) is 23.7 Å². The molecule has 21 heavy (non-hydrogen) atoms. The Morgan fingerprint density at radius 2 is 2.05 bits per heavy atom. The molecule has 0 radical (unpaired) electrons. The lowest BCUT2D eigenvalue weighted by molar-refractivity contribution is 0.392. The summed E-state index contributed by atoms with van der Waals surface area (Å²) in [5, 5.41) is 4.33. The lowest BCUT2D eigenvalue weighted by atomic mass is 10.2. The highest BCUT2D eigenvalue weighted by atomic mass is 79.9. The molecule has 110 valence electrons. The molecule has 0 N–H and O–H groups in total. The van der Waals surface area contributed by atoms with Gasteiger partial charge in [0, 0.05) is 23.8 Å². The number of aromatic nitrogens is 4. The van der Waals surface area contributed by atoms with Gasteiger partial charge >= 0.3 is 0 Å². The van der Waals surface area contributed by atoms with Gasteiger partial charge in [-0.1, -0.05) is 15.9 Å². The average molecular weight is 349 g/mol. The molecule has 2 aromatic heterocycles. The summed E-state index contributed by atoms with van der Waals surface area (Å²) in [6, 6.07) is 6.40. The van der Waals surface area contributed by atoms with Crippen molar-refractivity contribution in [2.24, 2.45) is 7.05 Å². The van der Waals surface area contributed by atoms with Crippen LogP contribution in [0.1, 0.15) is 19.9 Å². The van der Waals surface area contributed by atoms with Crippen LogP contribution in [0.3, 0.4) is 0 Å². The van der Waals surface area contributed by atoms with Crippen LogP contribution in [-0.4, -0.2) is 26.4 Å². The van der Waals surface area contributed by atoms with E-state index in [1.165, 1.54) is 0 Å². The van der Waals surface area contributed by atoms with E-state index in [9.17, 15) is 0 Å². The number of imidazole rings is 1. The monoisotopic (exact) mass is 348 g/mol. The van der Waals surface area contributed by atoms with Gasteiger partial charge in [0.25, 0.3) is 0 Å². The zero-order valence-electron chi connectivity index (χ0n) is 12.5. The van der Waals surface area contributed by atoms with Crippen molar-refractivity contribution in [1.29, 1.82) is 0 Å². The zero-order valence-corrected chi connectivity index (χ0v) is 14.0. The number of nitrogens with zero attached hydrogens (tertiary/aromatic N) is 4. The topological polar surface area (TPSA) is 44.9 Å². The number of methoxy groups -OCH3 is 1. The van der Waals surface area contributed by atoms with Crippen LogP contribution in [0.2, 0.25) is 0 Å². The van der Waals surface area contributed by atoms with Crippen molar-refractivity contribution in [3.63, 3.8) is 0 Å². The molecule has 2 heterocycles. The van der Waals surface area contributed by atoms with Gasteiger partial charge in [-0.25, -0.2) is 4.98 Å². The molecule has 0 bridgehead atoms. The summed E-state index contributed by atoms with van der Waals surface area (Å²) >= 11 is 3.53. The molecule has 0 fully saturated rings. The smallest absolute Gasteiger partial charge is 0.243 e. The second-order valence-corrected chi connectivity index (χ2v) is 6.17. The number of halogens is 1. The molecule has 0 spiro atoms. The Balaban J connectivity index is 2.33. The molecule has 0 saturated carbocycles. The van der Waals surface area contributed by atoms with Crippen LogP contribution in [0.5, 0.6) is 5.88 Å². The number of hydrogen-bond acceptors (Lipinski definition) is 3. The first-order valence-corrected chi connectivity index (χ1v) is 7.56. The maximum absolute atomic E-state index is 5.38. The Morgan fingerprint density at radius 1 is 1.29 bits per heavy atom. The number of hydrogen-bond donors (Lipinski definition) is 0. The standard InChI is InChI=1S/C15H17BrN4O/c1-9(2)20-13-7-10(16)5-6-12(13)17-14(20)11-8-19(3)18-15(11)21-4/h5-9H,1-4H3. The first-order chi connectivity index (χ1) is 10.0. The van der Waals surface area contributed by atoms with E-state index in [0.717, 1.165) is 26.9 Å². The van der Waals surface area contributed by atoms with Crippen LogP contribution >= 0.6 is 15.9 Å². The van der Waals surface area contributed by atoms with E-state index in [4.69, 9.17) is 9.72 Å². The van der Waals surface area contributed by atoms with Crippen LogP contribution < -0.4 is 4.74 Å². The summed E-state index contributed by atoms with van der Waals surface area (Å²) in [5.41, 5.74) is 2.97. The number of rotatable bonds is 3. The molecule has 0 unspecified atom stereocenters. The van der Waals surface area contributed by atoms with Crippen molar-refractivity contribution < 1.29 is 4.74 Å². The Hall–Kier alpha value is -1.82. The van der Waals surface area contributed by atoms with Crippen molar-refractivity contribution in [3.05, 3.63) is 28.9 Å². The summed E-state index contributed by atoms with van der Waals surface area (Å²) in [7, 11) is 3.51. The Bertz CT molecular complexity index is 803. The van der Waals surface area contributed by atoms with Crippen LogP contribution in [0.15, 0.2) is 28.9 Å². The van der Waals surface area contributed by atoms with E-state index in [1.54, 1.807) is 11.8 Å². The molecule has 1 aromatic carbocycles. The molecule has 0 aliphatic rings. The molecule has 5 nitrogen and oxygen atoms in total. The molecule has 0 aliphatic carbocycles. The fourth-order valence-electron chi connectivity index (χ4n) is 2.55. The zero-order chi connectivity index (χ0) is 15.1. The summed E-state index contributed by atoms with van der Waals surface area (Å²) in [4.78, 5) is 4.78. The minimum atomic E-state index is 0.282. The Morgan fingerprint density at radius 3 is 2.71 bits per heavy atom. The van der Waals surface area contributed by atoms with Crippen molar-refractivity contribution in [2.75, 3.05) is 7.11 Å². The SMILES string of the molecule is COc1nn(C)cc1-c1nc2ccc(Br)cc2n1C(C)C. The number of fused-ring (bicyclic) bond motifs is 1. The highest BCUT2D eigenvalue weighted by molar-refractivity contribution is 9.10. The van der Waals surface area contributed by atoms with Gasteiger partial charge in [-0.05, 0) is 32.0 Å². The van der Waals surface area contributed by atoms with Crippen LogP contribution in [0.25, 0.3) is 22.4 Å². The fraction of sp³-hybridized carbons (Fsp3) is 0.333. The van der Waals surface area contributed by atoms with Crippen molar-refractivity contribution in [3.8, 4) is 17.3 Å². The van der Waals surface area contributed by atoms with E-state index >= 15 is 0 Å². The van der Waals surface area contributed by atoms with Gasteiger partial charge in [-0.2, -0.15) is 0 Å². The summed E-state index contributed by atoms with van der Waals surface area (Å²) in [6.45, 7) is 4.29. The number of ether oxygens (including phenoxy) is 1. The predicted molar refractivity (Wildman–Crippen MR) is 86.6 cm³/mol. The van der Waals surface area contributed by atoms with Crippen LogP contribution in [0.4, 0.5) is 0 Å². The highest BCUT2D eigenvalue weighted by Gasteiger charge is 2.20. The minimum absolute atomic E-state index is 0.282. The first kappa shape index (κ1) is 14.1. The van der Waals surface area contributed by atoms with Crippen molar-refractivity contribution in [2.45, 2.75) is 19.9 Å². The van der Waals surface area contributed by atoms with Gasteiger partial charge in [-0.15, -0.1) is 5.10 Å². The molecule has 3 rings (SSSR count). The van der Waals surface area contributed by atoms with E-state index in [1.807, 2.05) is 25.4 Å². The lowest BCUT2D eigenvalue weighted by Gasteiger charge is -2.12. The largest absolute Gasteiger partial charge is 0.479 e. The average Bonchev–Trinajstić information content (AvgIpc) is 2.98. The van der Waals surface area contributed by atoms with E-state index in [-0.39, 0.29) is 6.04 Å². The second-order valence-electron chi connectivity index (χ2n) is 5.26. The summed E-state index contributed by atoms with van der Waals surface area (Å²) in [5.74, 6) is 1.47. The Labute approximate surface area is 131 Å². The predicted octanol–water partition coefficient (Wildman–Crippen LogP) is 3.79. The third-order valence-electron chi connectivity index (χ3n) is 3.40. The van der Waals surface area contributed by atoms with E-state index in [0.29, 0.717) is 5.88 Å². The molecular formula is C15H17BrN4O. The third kappa shape index (κ3) is 2.33. The molecule has 0 saturated heterocycles. The van der Waals surface area contributed by atoms with Crippen LogP contribution in [0, 0.1) is 0 Å². The van der Waals surface area contributed by atoms with Gasteiger partial charge in [-0.3, -0.25) is 4.68 Å². The van der Waals surface area contributed by atoms with Crippen molar-refractivity contribution >= 4 is 27.0 Å². The van der Waals surface area contributed by atoms with Crippen molar-refractivity contribution in [1.82, 2.24) is 19.3 Å². The maximum atomic E-state index is 5.38. The quantitative estimate of drug-likeness (QED) is 0.723. The van der Waals surface area contributed by atoms with Gasteiger partial charge in [0.2, 0.25) is 5.88 Å². The molecule has 0 aliphatic heterocycles.